The summed E-state index contributed by atoms with van der Waals surface area (Å²) >= 11 is 0. The summed E-state index contributed by atoms with van der Waals surface area (Å²) in [5.74, 6) is 0.236. The van der Waals surface area contributed by atoms with Gasteiger partial charge in [0.05, 0.1) is 0 Å². The first kappa shape index (κ1) is 20.8. The highest BCUT2D eigenvalue weighted by molar-refractivity contribution is 5.27. The molecule has 3 aromatic carbocycles. The van der Waals surface area contributed by atoms with Gasteiger partial charge in [-0.15, -0.1) is 0 Å². The third-order valence-corrected chi connectivity index (χ3v) is 6.68. The maximum Gasteiger partial charge on any atom is 0.0305 e. The molecule has 1 N–H and O–H groups in total. The smallest absolute Gasteiger partial charge is 0.0305 e. The van der Waals surface area contributed by atoms with E-state index in [0.717, 1.165) is 45.4 Å². The van der Waals surface area contributed by atoms with Gasteiger partial charge in [-0.1, -0.05) is 91.0 Å². The van der Waals surface area contributed by atoms with E-state index in [1.54, 1.807) is 0 Å². The van der Waals surface area contributed by atoms with Gasteiger partial charge in [0.2, 0.25) is 0 Å². The SMILES string of the molecule is [CH2]C(c1ccccc1)C1(N(CCc2ccccc2)Cc2ccccc2)CCNCC1. The lowest BCUT2D eigenvalue weighted by Crippen LogP contribution is -2.57. The Hall–Kier alpha value is -2.42. The number of benzene rings is 3. The third-order valence-electron chi connectivity index (χ3n) is 6.68. The summed E-state index contributed by atoms with van der Waals surface area (Å²) in [6.07, 6.45) is 3.31. The van der Waals surface area contributed by atoms with E-state index in [1.807, 2.05) is 0 Å². The maximum atomic E-state index is 4.75. The molecule has 3 aromatic rings. The Morgan fingerprint density at radius 2 is 1.30 bits per heavy atom. The van der Waals surface area contributed by atoms with Crippen molar-refractivity contribution < 1.29 is 0 Å². The van der Waals surface area contributed by atoms with Crippen molar-refractivity contribution in [2.45, 2.75) is 37.3 Å². The van der Waals surface area contributed by atoms with E-state index in [2.05, 4.69) is 101 Å². The lowest BCUT2D eigenvalue weighted by atomic mass is 9.72. The van der Waals surface area contributed by atoms with Crippen LogP contribution in [0.1, 0.15) is 35.4 Å². The number of hydrogen-bond donors (Lipinski definition) is 1. The van der Waals surface area contributed by atoms with Gasteiger partial charge in [-0.3, -0.25) is 4.90 Å². The van der Waals surface area contributed by atoms with Crippen LogP contribution in [-0.2, 0) is 13.0 Å². The monoisotopic (exact) mass is 397 g/mol. The summed E-state index contributed by atoms with van der Waals surface area (Å²) in [4.78, 5) is 2.74. The quantitative estimate of drug-likeness (QED) is 0.542. The second-order valence-corrected chi connectivity index (χ2v) is 8.46. The molecule has 0 saturated carbocycles. The predicted molar refractivity (Wildman–Crippen MR) is 126 cm³/mol. The van der Waals surface area contributed by atoms with Crippen LogP contribution in [0.4, 0.5) is 0 Å². The van der Waals surface area contributed by atoms with Crippen LogP contribution < -0.4 is 5.32 Å². The molecule has 0 bridgehead atoms. The Labute approximate surface area is 181 Å². The first-order valence-electron chi connectivity index (χ1n) is 11.2. The third kappa shape index (κ3) is 4.83. The molecule has 2 heteroatoms. The fraction of sp³-hybridized carbons (Fsp3) is 0.321. The van der Waals surface area contributed by atoms with E-state index in [-0.39, 0.29) is 11.5 Å². The normalized spacial score (nSPS) is 17.0. The highest BCUT2D eigenvalue weighted by Crippen LogP contribution is 2.40. The number of nitrogens with one attached hydrogen (secondary N) is 1. The molecule has 0 amide bonds. The van der Waals surface area contributed by atoms with Gasteiger partial charge in [0.1, 0.15) is 0 Å². The van der Waals surface area contributed by atoms with Crippen molar-refractivity contribution in [1.29, 1.82) is 0 Å². The van der Waals surface area contributed by atoms with E-state index in [0.29, 0.717) is 0 Å². The topological polar surface area (TPSA) is 15.3 Å². The Kier molecular flexibility index (Phi) is 6.99. The highest BCUT2D eigenvalue weighted by Gasteiger charge is 2.43. The number of rotatable bonds is 8. The summed E-state index contributed by atoms with van der Waals surface area (Å²) in [6.45, 7) is 8.86. The molecule has 1 saturated heterocycles. The van der Waals surface area contributed by atoms with Gasteiger partial charge in [-0.05, 0) is 56.0 Å². The summed E-state index contributed by atoms with van der Waals surface area (Å²) in [7, 11) is 0. The van der Waals surface area contributed by atoms with E-state index < -0.39 is 0 Å². The minimum absolute atomic E-state index is 0.0528. The van der Waals surface area contributed by atoms with Crippen LogP contribution in [0, 0.1) is 6.92 Å². The molecular formula is C28H33N2. The van der Waals surface area contributed by atoms with Gasteiger partial charge in [-0.2, -0.15) is 0 Å². The minimum atomic E-state index is 0.0528. The van der Waals surface area contributed by atoms with Gasteiger partial charge >= 0.3 is 0 Å². The van der Waals surface area contributed by atoms with Crippen LogP contribution in [0.3, 0.4) is 0 Å². The number of nitrogens with zero attached hydrogens (tertiary/aromatic N) is 1. The number of hydrogen-bond acceptors (Lipinski definition) is 2. The lowest BCUT2D eigenvalue weighted by Gasteiger charge is -2.51. The van der Waals surface area contributed by atoms with Gasteiger partial charge in [0.15, 0.2) is 0 Å². The Bertz CT molecular complexity index is 870. The Morgan fingerprint density at radius 3 is 1.90 bits per heavy atom. The van der Waals surface area contributed by atoms with Crippen LogP contribution in [0.25, 0.3) is 0 Å². The molecule has 155 valence electrons. The predicted octanol–water partition coefficient (Wildman–Crippen LogP) is 5.47. The van der Waals surface area contributed by atoms with E-state index in [4.69, 9.17) is 6.92 Å². The molecule has 1 unspecified atom stereocenters. The van der Waals surface area contributed by atoms with E-state index in [1.165, 1.54) is 16.7 Å². The van der Waals surface area contributed by atoms with Crippen molar-refractivity contribution in [3.63, 3.8) is 0 Å². The zero-order valence-corrected chi connectivity index (χ0v) is 17.8. The Morgan fingerprint density at radius 1 is 0.767 bits per heavy atom. The lowest BCUT2D eigenvalue weighted by molar-refractivity contribution is 0.0356. The van der Waals surface area contributed by atoms with Crippen molar-refractivity contribution in [2.75, 3.05) is 19.6 Å². The van der Waals surface area contributed by atoms with Gasteiger partial charge in [0, 0.05) is 24.5 Å². The van der Waals surface area contributed by atoms with E-state index in [9.17, 15) is 0 Å². The second-order valence-electron chi connectivity index (χ2n) is 8.46. The van der Waals surface area contributed by atoms with Crippen molar-refractivity contribution in [3.05, 3.63) is 115 Å². The highest BCUT2D eigenvalue weighted by atomic mass is 15.2. The molecule has 4 rings (SSSR count). The van der Waals surface area contributed by atoms with Crippen molar-refractivity contribution >= 4 is 0 Å². The molecule has 1 atom stereocenters. The first-order chi connectivity index (χ1) is 14.8. The van der Waals surface area contributed by atoms with Gasteiger partial charge in [-0.25, -0.2) is 0 Å². The van der Waals surface area contributed by atoms with Crippen molar-refractivity contribution in [3.8, 4) is 0 Å². The fourth-order valence-corrected chi connectivity index (χ4v) is 4.91. The maximum absolute atomic E-state index is 4.75. The van der Waals surface area contributed by atoms with Crippen molar-refractivity contribution in [1.82, 2.24) is 10.2 Å². The van der Waals surface area contributed by atoms with Gasteiger partial charge in [0.25, 0.3) is 0 Å². The zero-order valence-electron chi connectivity index (χ0n) is 17.8. The van der Waals surface area contributed by atoms with Crippen LogP contribution in [0.15, 0.2) is 91.0 Å². The molecule has 1 fully saturated rings. The molecule has 0 aromatic heterocycles. The fourth-order valence-electron chi connectivity index (χ4n) is 4.91. The number of piperidine rings is 1. The first-order valence-corrected chi connectivity index (χ1v) is 11.2. The molecule has 2 nitrogen and oxygen atoms in total. The second kappa shape index (κ2) is 10.1. The minimum Gasteiger partial charge on any atom is -0.317 e. The molecule has 1 aliphatic rings. The largest absolute Gasteiger partial charge is 0.317 e. The average Bonchev–Trinajstić information content (AvgIpc) is 2.83. The van der Waals surface area contributed by atoms with Crippen LogP contribution in [0.2, 0.25) is 0 Å². The summed E-state index contributed by atoms with van der Waals surface area (Å²) < 4.78 is 0. The summed E-state index contributed by atoms with van der Waals surface area (Å²) in [5.41, 5.74) is 4.18. The van der Waals surface area contributed by atoms with Crippen molar-refractivity contribution in [2.24, 2.45) is 0 Å². The molecular weight excluding hydrogens is 364 g/mol. The summed E-state index contributed by atoms with van der Waals surface area (Å²) in [5, 5.41) is 3.58. The molecule has 1 aliphatic heterocycles. The molecule has 1 radical (unpaired) electrons. The average molecular weight is 398 g/mol. The molecule has 1 heterocycles. The molecule has 0 spiro atoms. The Balaban J connectivity index is 1.66. The zero-order chi connectivity index (χ0) is 20.7. The van der Waals surface area contributed by atoms with Gasteiger partial charge < -0.3 is 5.32 Å². The molecule has 30 heavy (non-hydrogen) atoms. The van der Waals surface area contributed by atoms with Crippen LogP contribution in [0.5, 0.6) is 0 Å². The molecule has 0 aliphatic carbocycles. The summed E-state index contributed by atoms with van der Waals surface area (Å²) in [6, 6.07) is 32.7. The standard InChI is InChI=1S/C28H33N2/c1-24(27-15-9-4-10-16-27)28(18-20-29-21-19-28)30(23-26-13-7-3-8-14-26)22-17-25-11-5-2-6-12-25/h2-16,24,29H,1,17-23H2. The van der Waals surface area contributed by atoms with E-state index >= 15 is 0 Å². The van der Waals surface area contributed by atoms with Crippen LogP contribution >= 0.6 is 0 Å². The van der Waals surface area contributed by atoms with Crippen LogP contribution in [-0.4, -0.2) is 30.1 Å².